The second-order valence-corrected chi connectivity index (χ2v) is 33.2. The maximum atomic E-state index is 2.51. The lowest BCUT2D eigenvalue weighted by molar-refractivity contribution is 0.793. The van der Waals surface area contributed by atoms with E-state index in [4.69, 9.17) is 0 Å². The van der Waals surface area contributed by atoms with E-state index in [1.54, 1.807) is 0 Å². The van der Waals surface area contributed by atoms with Gasteiger partial charge in [0.2, 0.25) is 0 Å². The lowest BCUT2D eigenvalue weighted by Gasteiger charge is -2.32. The smallest absolute Gasteiger partial charge is 0.0726 e. The molecule has 0 saturated heterocycles. The van der Waals surface area contributed by atoms with Crippen molar-refractivity contribution in [2.45, 2.75) is 10.8 Å². The molecule has 4 aliphatic rings. The van der Waals surface area contributed by atoms with E-state index in [2.05, 4.69) is 495 Å². The van der Waals surface area contributed by atoms with Crippen LogP contribution in [0.3, 0.4) is 0 Å². The van der Waals surface area contributed by atoms with Crippen LogP contribution in [0.5, 0.6) is 0 Å². The number of hydrogen-bond acceptors (Lipinski definition) is 2. The van der Waals surface area contributed by atoms with Gasteiger partial charge >= 0.3 is 0 Å². The third-order valence-electron chi connectivity index (χ3n) is 26.8. The quantitative estimate of drug-likeness (QED) is 0.101. The van der Waals surface area contributed by atoms with Crippen molar-refractivity contribution in [1.82, 2.24) is 0 Å². The van der Waals surface area contributed by atoms with E-state index < -0.39 is 10.8 Å². The Bertz CT molecular complexity index is 7410. The highest BCUT2D eigenvalue weighted by atomic mass is 15.1. The van der Waals surface area contributed by atoms with Crippen LogP contribution in [0.15, 0.2) is 485 Å². The van der Waals surface area contributed by atoms with Crippen molar-refractivity contribution in [1.29, 1.82) is 0 Å². The largest absolute Gasteiger partial charge is 0.310 e. The van der Waals surface area contributed by atoms with Crippen LogP contribution in [0.1, 0.15) is 44.5 Å². The Kier molecular flexibility index (Phi) is 17.1. The topological polar surface area (TPSA) is 6.48 Å². The predicted molar refractivity (Wildman–Crippen MR) is 517 cm³/mol. The Hall–Kier alpha value is -16.0. The van der Waals surface area contributed by atoms with E-state index in [1.807, 2.05) is 0 Å². The van der Waals surface area contributed by atoms with Gasteiger partial charge in [-0.1, -0.05) is 406 Å². The molecule has 578 valence electrons. The van der Waals surface area contributed by atoms with E-state index in [9.17, 15) is 0 Å². The molecule has 0 bridgehead atoms. The van der Waals surface area contributed by atoms with Crippen LogP contribution >= 0.6 is 0 Å². The molecule has 2 nitrogen and oxygen atoms in total. The third-order valence-corrected chi connectivity index (χ3v) is 26.8. The predicted octanol–water partition coefficient (Wildman–Crippen LogP) is 32.3. The summed E-state index contributed by atoms with van der Waals surface area (Å²) >= 11 is 0. The second-order valence-electron chi connectivity index (χ2n) is 33.2. The highest BCUT2D eigenvalue weighted by Gasteiger charge is 2.53. The zero-order chi connectivity index (χ0) is 81.8. The lowest BCUT2D eigenvalue weighted by Crippen LogP contribution is -2.26. The average molecular weight is 1570 g/mol. The average Bonchev–Trinajstić information content (AvgIpc) is 1.51. The fourth-order valence-electron chi connectivity index (χ4n) is 21.2. The minimum absolute atomic E-state index is 0.514. The molecule has 0 amide bonds. The van der Waals surface area contributed by atoms with Gasteiger partial charge in [-0.2, -0.15) is 0 Å². The van der Waals surface area contributed by atoms with Crippen LogP contribution < -0.4 is 9.80 Å². The van der Waals surface area contributed by atoms with Crippen LogP contribution in [0, 0.1) is 0 Å². The van der Waals surface area contributed by atoms with Gasteiger partial charge in [-0.25, -0.2) is 0 Å². The summed E-state index contributed by atoms with van der Waals surface area (Å²) in [4.78, 5) is 4.96. The summed E-state index contributed by atoms with van der Waals surface area (Å²) in [6.07, 6.45) is 0. The Morgan fingerprint density at radius 1 is 0.105 bits per heavy atom. The van der Waals surface area contributed by atoms with Gasteiger partial charge in [0.15, 0.2) is 0 Å². The van der Waals surface area contributed by atoms with Gasteiger partial charge in [-0.3, -0.25) is 0 Å². The van der Waals surface area contributed by atoms with Gasteiger partial charge < -0.3 is 9.80 Å². The van der Waals surface area contributed by atoms with Crippen molar-refractivity contribution < 1.29 is 0 Å². The zero-order valence-electron chi connectivity index (χ0n) is 68.1. The molecule has 124 heavy (non-hydrogen) atoms. The molecule has 0 N–H and O–H groups in total. The van der Waals surface area contributed by atoms with Crippen LogP contribution in [0.4, 0.5) is 34.1 Å². The summed E-state index contributed by atoms with van der Waals surface area (Å²) in [5, 5.41) is 0. The monoisotopic (exact) mass is 1570 g/mol. The van der Waals surface area contributed by atoms with Gasteiger partial charge in [0.05, 0.1) is 10.8 Å². The third kappa shape index (κ3) is 11.6. The van der Waals surface area contributed by atoms with E-state index in [1.165, 1.54) is 134 Å². The van der Waals surface area contributed by atoms with Gasteiger partial charge in [0.1, 0.15) is 0 Å². The summed E-state index contributed by atoms with van der Waals surface area (Å²) in [6.45, 7) is 0. The first-order valence-corrected chi connectivity index (χ1v) is 43.1. The van der Waals surface area contributed by atoms with E-state index in [-0.39, 0.29) is 0 Å². The van der Waals surface area contributed by atoms with Crippen LogP contribution in [0.25, 0.3) is 145 Å². The molecule has 2 heteroatoms. The number of hydrogen-bond donors (Lipinski definition) is 0. The summed E-state index contributed by atoms with van der Waals surface area (Å²) in [5.41, 5.74) is 47.0. The molecule has 0 heterocycles. The van der Waals surface area contributed by atoms with E-state index in [0.29, 0.717) is 0 Å². The molecule has 24 rings (SSSR count). The maximum absolute atomic E-state index is 2.51. The molecule has 20 aromatic rings. The minimum Gasteiger partial charge on any atom is -0.310 e. The van der Waals surface area contributed by atoms with Gasteiger partial charge in [-0.15, -0.1) is 0 Å². The van der Waals surface area contributed by atoms with Crippen LogP contribution in [0.2, 0.25) is 0 Å². The fourth-order valence-corrected chi connectivity index (χ4v) is 21.2. The SMILES string of the molecule is c1ccc(-c2ccc(-c3ccc(N(c4ccc(-c5ccccc5)cc4)c4ccc5c(c4)C4(c6ccccc6-c6ccccc64)c4ccccc4-5)cc3-c3ccc(-c4ccc(-c5ccc(N(c6ccc(-c7cccc(-c8ccccc8)c7)c(-c7ccccc7)c6)c6ccc7c(c6)C6(c8ccccc8-c8ccccc86)c6ccccc6-7)cc5)cc4)cc3)cc2)cc1. The van der Waals surface area contributed by atoms with Gasteiger partial charge in [-0.05, 0) is 268 Å². The standard InChI is InChI=1S/C122H80N2/c1-5-26-81(27-6-1)84-52-56-91(57-53-84)101-72-68-97(123(95-64-60-88(61-65-95)82-28-7-2-8-29-82)99-70-74-109-107-40-17-23-46-117(107)121(119(109)79-99)113-42-19-13-36-103(113)104-37-14-20-43-114(104)121)78-112(101)92-58-54-87(55-59-92)85-48-50-86(51-49-85)89-62-66-96(67-63-89)124(98-69-73-102(111(77-98)90-32-11-4-12-33-90)94-35-25-34-93(76-94)83-30-9-3-10-31-83)100-71-75-110-108-41-18-24-47-118(108)122(120(110)80-100)115-44-21-15-38-105(115)106-39-16-22-45-116(106)122/h1-80H. The number of fused-ring (bicyclic) bond motifs is 20. The molecule has 0 unspecified atom stereocenters. The van der Waals surface area contributed by atoms with Crippen molar-refractivity contribution in [2.75, 3.05) is 9.80 Å². The number of benzene rings is 20. The maximum Gasteiger partial charge on any atom is 0.0726 e. The molecule has 20 aromatic carbocycles. The highest BCUT2D eigenvalue weighted by Crippen LogP contribution is 2.66. The Morgan fingerprint density at radius 2 is 0.306 bits per heavy atom. The normalized spacial score (nSPS) is 12.8. The summed E-state index contributed by atoms with van der Waals surface area (Å²) in [6, 6.07) is 181. The summed E-state index contributed by atoms with van der Waals surface area (Å²) in [5.74, 6) is 0. The Morgan fingerprint density at radius 3 is 0.637 bits per heavy atom. The number of rotatable bonds is 15. The molecule has 0 atom stereocenters. The molecule has 0 fully saturated rings. The van der Waals surface area contributed by atoms with E-state index in [0.717, 1.165) is 89.8 Å². The van der Waals surface area contributed by atoms with Crippen molar-refractivity contribution in [3.8, 4) is 145 Å². The first kappa shape index (κ1) is 72.1. The molecule has 2 spiro atoms. The number of nitrogens with zero attached hydrogens (tertiary/aromatic N) is 2. The Labute approximate surface area is 724 Å². The summed E-state index contributed by atoms with van der Waals surface area (Å²) in [7, 11) is 0. The molecule has 4 aliphatic carbocycles. The fraction of sp³-hybridized carbons (Fsp3) is 0.0164. The van der Waals surface area contributed by atoms with Gasteiger partial charge in [0, 0.05) is 34.1 Å². The number of anilines is 6. The molecular formula is C122H80N2. The summed E-state index contributed by atoms with van der Waals surface area (Å²) < 4.78 is 0. The lowest BCUT2D eigenvalue weighted by atomic mass is 9.70. The van der Waals surface area contributed by atoms with Crippen LogP contribution in [-0.2, 0) is 10.8 Å². The zero-order valence-corrected chi connectivity index (χ0v) is 68.1. The second kappa shape index (κ2) is 29.5. The Balaban J connectivity index is 0.604. The van der Waals surface area contributed by atoms with Crippen molar-refractivity contribution in [3.63, 3.8) is 0 Å². The molecule has 0 aromatic heterocycles. The first-order chi connectivity index (χ1) is 61.5. The van der Waals surface area contributed by atoms with E-state index >= 15 is 0 Å². The first-order valence-electron chi connectivity index (χ1n) is 43.1. The van der Waals surface area contributed by atoms with Crippen molar-refractivity contribution >= 4 is 34.1 Å². The van der Waals surface area contributed by atoms with Crippen molar-refractivity contribution in [3.05, 3.63) is 530 Å². The van der Waals surface area contributed by atoms with Gasteiger partial charge in [0.25, 0.3) is 0 Å². The molecule has 0 aliphatic heterocycles. The molecule has 0 saturated carbocycles. The van der Waals surface area contributed by atoms with Crippen molar-refractivity contribution in [2.24, 2.45) is 0 Å². The minimum atomic E-state index is -0.517. The van der Waals surface area contributed by atoms with Crippen LogP contribution in [-0.4, -0.2) is 0 Å². The molecule has 0 radical (unpaired) electrons. The molecular weight excluding hydrogens is 1490 g/mol. The highest BCUT2D eigenvalue weighted by molar-refractivity contribution is 6.01.